The Kier molecular flexibility index (Phi) is 5.22. The monoisotopic (exact) mass is 431 g/mol. The molecule has 0 radical (unpaired) electrons. The summed E-state index contributed by atoms with van der Waals surface area (Å²) in [6.07, 6.45) is -5.05. The van der Waals surface area contributed by atoms with Gasteiger partial charge in [0.2, 0.25) is 5.78 Å². The van der Waals surface area contributed by atoms with E-state index in [0.717, 1.165) is 0 Å². The number of aryl methyl sites for hydroxylation is 1. The van der Waals surface area contributed by atoms with E-state index >= 15 is 0 Å². The molecule has 9 heteroatoms. The number of hydrogen-bond donors (Lipinski definition) is 5. The van der Waals surface area contributed by atoms with Crippen LogP contribution in [-0.4, -0.2) is 73.2 Å². The zero-order valence-corrected chi connectivity index (χ0v) is 16.6. The molecule has 2 aromatic rings. The van der Waals surface area contributed by atoms with Crippen LogP contribution in [0.3, 0.4) is 0 Å². The number of carbonyl (C=O) groups is 2. The van der Waals surface area contributed by atoms with Crippen LogP contribution in [0.1, 0.15) is 43.8 Å². The quantitative estimate of drug-likeness (QED) is 0.354. The fourth-order valence-corrected chi connectivity index (χ4v) is 4.33. The number of hydrogen-bond acceptors (Lipinski definition) is 8. The van der Waals surface area contributed by atoms with Gasteiger partial charge in [0.1, 0.15) is 18.0 Å². The largest absolute Gasteiger partial charge is 0.507 e. The van der Waals surface area contributed by atoms with Crippen molar-refractivity contribution in [1.29, 1.82) is 0 Å². The summed E-state index contributed by atoms with van der Waals surface area (Å²) in [5.41, 5.74) is -0.216. The maximum absolute atomic E-state index is 13.0. The highest BCUT2D eigenvalue weighted by molar-refractivity contribution is 6.30. The second kappa shape index (κ2) is 7.61. The standard InChI is InChI=1S/C22H22O9/c1-8-5-11-15(19(28)14-10(17(11)26)3-2-4-12(14)24)20(29)22(8)31-13-6-9(7-23)16(25)21(30)18(13)27/h2-5,9,13,16,18,21,23-25,27,29-30H,6-7H2,1H3/p+1/t9?,13-,16-,18?,21?/m0/s1. The Bertz CT molecular complexity index is 1080. The molecule has 0 bridgehead atoms. The smallest absolute Gasteiger partial charge is 0.202 e. The minimum atomic E-state index is -1.47. The predicted molar refractivity (Wildman–Crippen MR) is 107 cm³/mol. The van der Waals surface area contributed by atoms with Gasteiger partial charge in [-0.25, -0.2) is 0 Å². The summed E-state index contributed by atoms with van der Waals surface area (Å²) in [5.74, 6) is -3.09. The Labute approximate surface area is 176 Å². The number of aliphatic hydroxyl groups excluding tert-OH is 3. The number of carbonyl (C=O) groups excluding carboxylic acids is 2. The van der Waals surface area contributed by atoms with E-state index in [9.17, 15) is 35.1 Å². The third kappa shape index (κ3) is 3.17. The number of aromatic hydroxyl groups is 2. The van der Waals surface area contributed by atoms with E-state index in [4.69, 9.17) is 9.84 Å². The first kappa shape index (κ1) is 21.3. The Balaban J connectivity index is 1.77. The van der Waals surface area contributed by atoms with Crippen molar-refractivity contribution >= 4 is 11.6 Å². The van der Waals surface area contributed by atoms with Crippen molar-refractivity contribution in [2.45, 2.75) is 37.8 Å². The van der Waals surface area contributed by atoms with Crippen molar-refractivity contribution in [1.82, 2.24) is 0 Å². The Morgan fingerprint density at radius 2 is 1.77 bits per heavy atom. The molecule has 0 aliphatic heterocycles. The summed E-state index contributed by atoms with van der Waals surface area (Å²) in [6, 6.07) is 5.52. The number of aliphatic hydroxyl groups is 3. The molecule has 3 unspecified atom stereocenters. The fourth-order valence-electron chi connectivity index (χ4n) is 4.33. The number of phenolic OH excluding ortho intramolecular Hbond substituents is 2. The Morgan fingerprint density at radius 3 is 2.45 bits per heavy atom. The van der Waals surface area contributed by atoms with E-state index in [0.29, 0.717) is 5.56 Å². The van der Waals surface area contributed by atoms with Crippen molar-refractivity contribution in [2.24, 2.45) is 5.92 Å². The molecule has 0 aromatic heterocycles. The summed E-state index contributed by atoms with van der Waals surface area (Å²) >= 11 is 0. The second-order valence-corrected chi connectivity index (χ2v) is 7.99. The van der Waals surface area contributed by atoms with Gasteiger partial charge < -0.3 is 35.4 Å². The van der Waals surface area contributed by atoms with E-state index in [1.807, 2.05) is 0 Å². The predicted octanol–water partition coefficient (Wildman–Crippen LogP) is -0.244. The van der Waals surface area contributed by atoms with Crippen molar-refractivity contribution < 1.29 is 45.0 Å². The molecule has 0 spiro atoms. The fraction of sp³-hybridized carbons (Fsp3) is 0.364. The summed E-state index contributed by atoms with van der Waals surface area (Å²) in [7, 11) is 0. The molecular weight excluding hydrogens is 408 g/mol. The molecule has 2 aliphatic rings. The Morgan fingerprint density at radius 1 is 1.06 bits per heavy atom. The Hall–Kier alpha value is -2.98. The van der Waals surface area contributed by atoms with Gasteiger partial charge in [-0.3, -0.25) is 9.59 Å². The molecule has 0 amide bonds. The summed E-state index contributed by atoms with van der Waals surface area (Å²) in [4.78, 5) is 25.9. The molecule has 2 aliphatic carbocycles. The SMILES string of the molecule is Cc1cc2c(c(O)c1O[C@H]1CC(CO)[C@H]([OH2+])C(O)C1O)C(=O)c1c(O)cccc1C2=O. The van der Waals surface area contributed by atoms with Crippen LogP contribution < -0.4 is 4.74 Å². The molecule has 2 aromatic carbocycles. The summed E-state index contributed by atoms with van der Waals surface area (Å²) in [6.45, 7) is 1.16. The minimum Gasteiger partial charge on any atom is -0.507 e. The molecule has 164 valence electrons. The summed E-state index contributed by atoms with van der Waals surface area (Å²) < 4.78 is 5.77. The molecule has 1 fully saturated rings. The maximum Gasteiger partial charge on any atom is 0.202 e. The van der Waals surface area contributed by atoms with E-state index < -0.39 is 54.3 Å². The van der Waals surface area contributed by atoms with Crippen LogP contribution in [0, 0.1) is 12.8 Å². The topological polar surface area (TPSA) is 167 Å². The molecule has 7 N–H and O–H groups in total. The number of phenols is 2. The molecule has 9 nitrogen and oxygen atoms in total. The minimum absolute atomic E-state index is 0.0306. The van der Waals surface area contributed by atoms with Crippen molar-refractivity contribution in [3.8, 4) is 17.2 Å². The van der Waals surface area contributed by atoms with Gasteiger partial charge in [0.25, 0.3) is 0 Å². The van der Waals surface area contributed by atoms with Crippen LogP contribution in [0.5, 0.6) is 17.2 Å². The average Bonchev–Trinajstić information content (AvgIpc) is 2.74. The lowest BCUT2D eigenvalue weighted by Gasteiger charge is -2.37. The maximum atomic E-state index is 13.0. The summed E-state index contributed by atoms with van der Waals surface area (Å²) in [5, 5.41) is 58.8. The van der Waals surface area contributed by atoms with Gasteiger partial charge in [-0.2, -0.15) is 0 Å². The van der Waals surface area contributed by atoms with Crippen molar-refractivity contribution in [2.75, 3.05) is 6.61 Å². The first-order chi connectivity index (χ1) is 14.7. The number of rotatable bonds is 3. The highest BCUT2D eigenvalue weighted by Gasteiger charge is 2.47. The second-order valence-electron chi connectivity index (χ2n) is 7.99. The van der Waals surface area contributed by atoms with Gasteiger partial charge in [-0.15, -0.1) is 0 Å². The van der Waals surface area contributed by atoms with Crippen LogP contribution >= 0.6 is 0 Å². The third-order valence-electron chi connectivity index (χ3n) is 6.07. The van der Waals surface area contributed by atoms with E-state index in [1.54, 1.807) is 6.92 Å². The zero-order valence-electron chi connectivity index (χ0n) is 16.6. The molecule has 4 rings (SSSR count). The highest BCUT2D eigenvalue weighted by atomic mass is 16.5. The van der Waals surface area contributed by atoms with Gasteiger partial charge in [-0.05, 0) is 31.0 Å². The molecule has 5 atom stereocenters. The number of benzene rings is 2. The zero-order chi connectivity index (χ0) is 22.6. The van der Waals surface area contributed by atoms with E-state index in [1.165, 1.54) is 24.3 Å². The molecule has 0 saturated heterocycles. The van der Waals surface area contributed by atoms with Gasteiger partial charge in [0.05, 0.1) is 23.7 Å². The molecule has 0 heterocycles. The number of fused-ring (bicyclic) bond motifs is 2. The average molecular weight is 431 g/mol. The number of ketones is 2. The van der Waals surface area contributed by atoms with Gasteiger partial charge >= 0.3 is 0 Å². The third-order valence-corrected chi connectivity index (χ3v) is 6.07. The normalized spacial score (nSPS) is 27.6. The van der Waals surface area contributed by atoms with Gasteiger partial charge in [0.15, 0.2) is 29.5 Å². The number of ether oxygens (including phenoxy) is 1. The van der Waals surface area contributed by atoms with Crippen LogP contribution in [0.4, 0.5) is 0 Å². The van der Waals surface area contributed by atoms with Gasteiger partial charge in [0, 0.05) is 11.1 Å². The highest BCUT2D eigenvalue weighted by Crippen LogP contribution is 2.44. The first-order valence-corrected chi connectivity index (χ1v) is 9.80. The van der Waals surface area contributed by atoms with Crippen LogP contribution in [0.15, 0.2) is 24.3 Å². The lowest BCUT2D eigenvalue weighted by atomic mass is 9.80. The lowest BCUT2D eigenvalue weighted by Crippen LogP contribution is -2.56. The first-order valence-electron chi connectivity index (χ1n) is 9.80. The molecular formula is C22H23O9+. The van der Waals surface area contributed by atoms with Crippen LogP contribution in [0.2, 0.25) is 0 Å². The lowest BCUT2D eigenvalue weighted by molar-refractivity contribution is -0.157. The van der Waals surface area contributed by atoms with Crippen molar-refractivity contribution in [3.05, 3.63) is 52.1 Å². The van der Waals surface area contributed by atoms with Crippen molar-refractivity contribution in [3.63, 3.8) is 0 Å². The van der Waals surface area contributed by atoms with Crippen LogP contribution in [0.25, 0.3) is 0 Å². The van der Waals surface area contributed by atoms with E-state index in [-0.39, 0.29) is 40.2 Å². The van der Waals surface area contributed by atoms with Gasteiger partial charge in [-0.1, -0.05) is 12.1 Å². The van der Waals surface area contributed by atoms with Crippen LogP contribution in [-0.2, 0) is 0 Å². The van der Waals surface area contributed by atoms with E-state index in [2.05, 4.69) is 0 Å². The molecule has 1 saturated carbocycles. The molecule has 31 heavy (non-hydrogen) atoms.